The normalized spacial score (nSPS) is 18.5. The van der Waals surface area contributed by atoms with E-state index in [9.17, 15) is 5.11 Å². The fourth-order valence-corrected chi connectivity index (χ4v) is 4.33. The van der Waals surface area contributed by atoms with Gasteiger partial charge in [0.2, 0.25) is 0 Å². The van der Waals surface area contributed by atoms with Gasteiger partial charge in [-0.15, -0.1) is 0 Å². The number of fused-ring (bicyclic) bond motifs is 4. The molecule has 0 bridgehead atoms. The van der Waals surface area contributed by atoms with E-state index in [1.165, 1.54) is 33.4 Å². The topological polar surface area (TPSA) is 23.5 Å². The van der Waals surface area contributed by atoms with E-state index in [1.54, 1.807) is 0 Å². The molecule has 2 aliphatic rings. The van der Waals surface area contributed by atoms with Gasteiger partial charge in [-0.2, -0.15) is 0 Å². The van der Waals surface area contributed by atoms with Gasteiger partial charge in [0.25, 0.3) is 0 Å². The van der Waals surface area contributed by atoms with Crippen molar-refractivity contribution in [1.82, 2.24) is 4.90 Å². The van der Waals surface area contributed by atoms with Gasteiger partial charge in [-0.3, -0.25) is 4.90 Å². The average molecular weight is 327 g/mol. The molecule has 25 heavy (non-hydrogen) atoms. The van der Waals surface area contributed by atoms with E-state index in [0.29, 0.717) is 6.54 Å². The molecule has 0 saturated carbocycles. The van der Waals surface area contributed by atoms with Crippen LogP contribution in [-0.2, 0) is 19.5 Å². The molecule has 2 heteroatoms. The number of aliphatic hydroxyl groups is 1. The largest absolute Gasteiger partial charge is 0.387 e. The molecule has 1 unspecified atom stereocenters. The minimum Gasteiger partial charge on any atom is -0.387 e. The number of aliphatic hydroxyl groups excluding tert-OH is 1. The summed E-state index contributed by atoms with van der Waals surface area (Å²) in [5, 5.41) is 10.4. The summed E-state index contributed by atoms with van der Waals surface area (Å²) >= 11 is 0. The molecule has 0 saturated heterocycles. The van der Waals surface area contributed by atoms with Crippen molar-refractivity contribution in [2.45, 2.75) is 25.6 Å². The highest BCUT2D eigenvalue weighted by Gasteiger charge is 2.24. The molecule has 1 aliphatic carbocycles. The van der Waals surface area contributed by atoms with Crippen molar-refractivity contribution in [3.63, 3.8) is 0 Å². The van der Waals surface area contributed by atoms with Crippen LogP contribution < -0.4 is 0 Å². The second kappa shape index (κ2) is 5.83. The highest BCUT2D eigenvalue weighted by molar-refractivity contribution is 5.76. The quantitative estimate of drug-likeness (QED) is 0.593. The molecule has 5 rings (SSSR count). The zero-order valence-electron chi connectivity index (χ0n) is 14.2. The number of β-amino-alcohol motifs (C(OH)–C–C–N with tert-alkyl or cyclic N) is 1. The van der Waals surface area contributed by atoms with Gasteiger partial charge in [-0.25, -0.2) is 0 Å². The maximum absolute atomic E-state index is 10.4. The van der Waals surface area contributed by atoms with Crippen LogP contribution in [0, 0.1) is 0 Å². The van der Waals surface area contributed by atoms with Gasteiger partial charge in [0.15, 0.2) is 0 Å². The van der Waals surface area contributed by atoms with Gasteiger partial charge in [-0.1, -0.05) is 66.7 Å². The smallest absolute Gasteiger partial charge is 0.0920 e. The van der Waals surface area contributed by atoms with Crippen LogP contribution in [0.15, 0.2) is 66.7 Å². The Balaban J connectivity index is 1.39. The fourth-order valence-electron chi connectivity index (χ4n) is 4.33. The molecular formula is C23H21NO. The monoisotopic (exact) mass is 327 g/mol. The molecule has 0 spiro atoms. The zero-order chi connectivity index (χ0) is 16.8. The SMILES string of the molecule is OC1CN(Cc2ccc3c(c2)Cc2ccccc2-3)Cc2ccccc21. The Hall–Kier alpha value is -2.42. The second-order valence-electron chi connectivity index (χ2n) is 7.21. The van der Waals surface area contributed by atoms with E-state index < -0.39 is 0 Å². The minimum absolute atomic E-state index is 0.386. The third kappa shape index (κ3) is 2.58. The molecule has 2 nitrogen and oxygen atoms in total. The minimum atomic E-state index is -0.386. The van der Waals surface area contributed by atoms with Crippen molar-refractivity contribution < 1.29 is 5.11 Å². The van der Waals surface area contributed by atoms with E-state index >= 15 is 0 Å². The number of benzene rings is 3. The standard InChI is InChI=1S/C23H21NO/c25-23-15-24(14-18-6-2-4-8-22(18)23)13-16-9-10-21-19(11-16)12-17-5-1-3-7-20(17)21/h1-11,23,25H,12-15H2. The van der Waals surface area contributed by atoms with Crippen molar-refractivity contribution in [3.05, 3.63) is 94.5 Å². The molecule has 3 aromatic rings. The Morgan fingerprint density at radius 2 is 1.60 bits per heavy atom. The Bertz CT molecular complexity index is 946. The zero-order valence-corrected chi connectivity index (χ0v) is 14.2. The molecule has 0 amide bonds. The van der Waals surface area contributed by atoms with Crippen molar-refractivity contribution in [2.75, 3.05) is 6.54 Å². The lowest BCUT2D eigenvalue weighted by Crippen LogP contribution is -2.33. The van der Waals surface area contributed by atoms with Crippen LogP contribution in [-0.4, -0.2) is 16.6 Å². The summed E-state index contributed by atoms with van der Waals surface area (Å²) in [6, 6.07) is 23.8. The summed E-state index contributed by atoms with van der Waals surface area (Å²) in [5.74, 6) is 0. The molecule has 1 aliphatic heterocycles. The molecule has 0 radical (unpaired) electrons. The maximum atomic E-state index is 10.4. The molecule has 1 N–H and O–H groups in total. The van der Waals surface area contributed by atoms with E-state index in [2.05, 4.69) is 59.5 Å². The summed E-state index contributed by atoms with van der Waals surface area (Å²) in [6.07, 6.45) is 0.647. The highest BCUT2D eigenvalue weighted by Crippen LogP contribution is 2.37. The Morgan fingerprint density at radius 3 is 2.52 bits per heavy atom. The van der Waals surface area contributed by atoms with Crippen molar-refractivity contribution >= 4 is 0 Å². The molecule has 1 heterocycles. The Kier molecular flexibility index (Phi) is 3.47. The van der Waals surface area contributed by atoms with E-state index in [-0.39, 0.29) is 6.10 Å². The van der Waals surface area contributed by atoms with E-state index in [4.69, 9.17) is 0 Å². The lowest BCUT2D eigenvalue weighted by molar-refractivity contribution is 0.0882. The molecule has 0 fully saturated rings. The first-order valence-corrected chi connectivity index (χ1v) is 8.96. The van der Waals surface area contributed by atoms with E-state index in [0.717, 1.165) is 25.1 Å². The lowest BCUT2D eigenvalue weighted by atomic mass is 9.96. The third-order valence-corrected chi connectivity index (χ3v) is 5.50. The molecular weight excluding hydrogens is 306 g/mol. The maximum Gasteiger partial charge on any atom is 0.0920 e. The average Bonchev–Trinajstić information content (AvgIpc) is 2.99. The van der Waals surface area contributed by atoms with Gasteiger partial charge >= 0.3 is 0 Å². The predicted octanol–water partition coefficient (Wildman–Crippen LogP) is 4.31. The first kappa shape index (κ1) is 14.9. The second-order valence-corrected chi connectivity index (χ2v) is 7.21. The van der Waals surface area contributed by atoms with Crippen LogP contribution in [0.3, 0.4) is 0 Å². The van der Waals surface area contributed by atoms with Gasteiger partial charge in [0.1, 0.15) is 0 Å². The summed E-state index contributed by atoms with van der Waals surface area (Å²) in [5.41, 5.74) is 9.28. The first-order chi connectivity index (χ1) is 12.3. The van der Waals surface area contributed by atoms with Gasteiger partial charge in [-0.05, 0) is 45.4 Å². The van der Waals surface area contributed by atoms with Gasteiger partial charge < -0.3 is 5.11 Å². The van der Waals surface area contributed by atoms with Crippen LogP contribution in [0.5, 0.6) is 0 Å². The van der Waals surface area contributed by atoms with Gasteiger partial charge in [0, 0.05) is 19.6 Å². The van der Waals surface area contributed by atoms with Crippen molar-refractivity contribution in [1.29, 1.82) is 0 Å². The van der Waals surface area contributed by atoms with Crippen molar-refractivity contribution in [2.24, 2.45) is 0 Å². The Labute approximate surface area is 148 Å². The lowest BCUT2D eigenvalue weighted by Gasteiger charge is -2.32. The molecule has 0 aromatic heterocycles. The highest BCUT2D eigenvalue weighted by atomic mass is 16.3. The van der Waals surface area contributed by atoms with Gasteiger partial charge in [0.05, 0.1) is 6.10 Å². The number of nitrogens with zero attached hydrogens (tertiary/aromatic N) is 1. The van der Waals surface area contributed by atoms with Crippen LogP contribution >= 0.6 is 0 Å². The van der Waals surface area contributed by atoms with Crippen molar-refractivity contribution in [3.8, 4) is 11.1 Å². The summed E-state index contributed by atoms with van der Waals surface area (Å²) in [6.45, 7) is 2.49. The number of hydrogen-bond donors (Lipinski definition) is 1. The molecule has 3 aromatic carbocycles. The van der Waals surface area contributed by atoms with Crippen LogP contribution in [0.2, 0.25) is 0 Å². The third-order valence-electron chi connectivity index (χ3n) is 5.50. The Morgan fingerprint density at radius 1 is 0.840 bits per heavy atom. The molecule has 124 valence electrons. The number of rotatable bonds is 2. The fraction of sp³-hybridized carbons (Fsp3) is 0.217. The predicted molar refractivity (Wildman–Crippen MR) is 100 cm³/mol. The summed E-state index contributed by atoms with van der Waals surface area (Å²) in [7, 11) is 0. The van der Waals surface area contributed by atoms with E-state index in [1.807, 2.05) is 12.1 Å². The molecule has 1 atom stereocenters. The van der Waals surface area contributed by atoms with Crippen LogP contribution in [0.1, 0.15) is 33.9 Å². The van der Waals surface area contributed by atoms with Crippen LogP contribution in [0.4, 0.5) is 0 Å². The first-order valence-electron chi connectivity index (χ1n) is 8.96. The summed E-state index contributed by atoms with van der Waals surface area (Å²) < 4.78 is 0. The van der Waals surface area contributed by atoms with Crippen LogP contribution in [0.25, 0.3) is 11.1 Å². The number of hydrogen-bond acceptors (Lipinski definition) is 2. The summed E-state index contributed by atoms with van der Waals surface area (Å²) in [4.78, 5) is 2.34.